The third kappa shape index (κ3) is 1.21. The second-order valence-corrected chi connectivity index (χ2v) is 4.27. The van der Waals surface area contributed by atoms with Gasteiger partial charge in [0.1, 0.15) is 5.70 Å². The first-order valence-electron chi connectivity index (χ1n) is 5.65. The summed E-state index contributed by atoms with van der Waals surface area (Å²) in [6, 6.07) is 0. The average Bonchev–Trinajstić information content (AvgIpc) is 2.70. The van der Waals surface area contributed by atoms with E-state index in [-0.39, 0.29) is 5.97 Å². The number of esters is 1. The van der Waals surface area contributed by atoms with Gasteiger partial charge in [-0.05, 0) is 19.1 Å². The summed E-state index contributed by atoms with van der Waals surface area (Å²) in [5, 5.41) is 3.24. The molecular formula is C13H13N3O2. The van der Waals surface area contributed by atoms with Crippen LogP contribution in [0.1, 0.15) is 6.92 Å². The van der Waals surface area contributed by atoms with E-state index >= 15 is 0 Å². The third-order valence-corrected chi connectivity index (χ3v) is 3.37. The first-order valence-corrected chi connectivity index (χ1v) is 5.65. The van der Waals surface area contributed by atoms with Crippen LogP contribution in [0.2, 0.25) is 0 Å². The van der Waals surface area contributed by atoms with Crippen LogP contribution >= 0.6 is 0 Å². The Morgan fingerprint density at radius 1 is 1.56 bits per heavy atom. The monoisotopic (exact) mass is 243 g/mol. The van der Waals surface area contributed by atoms with Crippen LogP contribution in [0, 0.1) is 0 Å². The Bertz CT molecular complexity index is 569. The first kappa shape index (κ1) is 10.8. The van der Waals surface area contributed by atoms with Gasteiger partial charge >= 0.3 is 5.97 Å². The first-order chi connectivity index (χ1) is 8.69. The Kier molecular flexibility index (Phi) is 2.16. The molecule has 0 saturated carbocycles. The van der Waals surface area contributed by atoms with Crippen molar-refractivity contribution in [2.45, 2.75) is 12.6 Å². The molecule has 0 saturated heterocycles. The van der Waals surface area contributed by atoms with Crippen molar-refractivity contribution in [2.24, 2.45) is 4.99 Å². The fourth-order valence-corrected chi connectivity index (χ4v) is 2.46. The van der Waals surface area contributed by atoms with E-state index in [1.54, 1.807) is 12.4 Å². The predicted octanol–water partition coefficient (Wildman–Crippen LogP) is 1.04. The van der Waals surface area contributed by atoms with Gasteiger partial charge in [0.15, 0.2) is 5.66 Å². The lowest BCUT2D eigenvalue weighted by Gasteiger charge is -2.40. The summed E-state index contributed by atoms with van der Waals surface area (Å²) < 4.78 is 4.80. The van der Waals surface area contributed by atoms with Crippen LogP contribution < -0.4 is 5.32 Å². The van der Waals surface area contributed by atoms with Gasteiger partial charge in [-0.15, -0.1) is 0 Å². The molecule has 1 spiro atoms. The smallest absolute Gasteiger partial charge is 0.356 e. The second kappa shape index (κ2) is 3.60. The highest BCUT2D eigenvalue weighted by molar-refractivity contribution is 5.92. The lowest BCUT2D eigenvalue weighted by Crippen LogP contribution is -2.53. The lowest BCUT2D eigenvalue weighted by atomic mass is 9.94. The number of nitrogens with zero attached hydrogens (tertiary/aromatic N) is 2. The number of hydrogen-bond donors (Lipinski definition) is 1. The SMILES string of the molecule is COC(=O)C1=C(C)N2C=CC=C3C=NC=CC32N1. The molecule has 0 radical (unpaired) electrons. The van der Waals surface area contributed by atoms with E-state index in [9.17, 15) is 4.79 Å². The molecule has 5 nitrogen and oxygen atoms in total. The van der Waals surface area contributed by atoms with Crippen molar-refractivity contribution in [1.82, 2.24) is 10.2 Å². The van der Waals surface area contributed by atoms with Gasteiger partial charge in [0.25, 0.3) is 0 Å². The number of methoxy groups -OCH3 is 1. The number of ether oxygens (including phenoxy) is 1. The van der Waals surface area contributed by atoms with Crippen LogP contribution in [-0.4, -0.2) is 29.9 Å². The summed E-state index contributed by atoms with van der Waals surface area (Å²) in [5.41, 5.74) is 1.77. The van der Waals surface area contributed by atoms with Crippen LogP contribution in [0.5, 0.6) is 0 Å². The summed E-state index contributed by atoms with van der Waals surface area (Å²) >= 11 is 0. The van der Waals surface area contributed by atoms with E-state index in [2.05, 4.69) is 10.3 Å². The lowest BCUT2D eigenvalue weighted by molar-refractivity contribution is -0.136. The maximum absolute atomic E-state index is 11.8. The molecule has 0 aromatic heterocycles. The molecule has 92 valence electrons. The zero-order valence-electron chi connectivity index (χ0n) is 10.2. The van der Waals surface area contributed by atoms with Crippen molar-refractivity contribution in [3.05, 3.63) is 47.6 Å². The van der Waals surface area contributed by atoms with Crippen LogP contribution in [0.15, 0.2) is 52.6 Å². The topological polar surface area (TPSA) is 53.9 Å². The van der Waals surface area contributed by atoms with Crippen molar-refractivity contribution >= 4 is 12.2 Å². The summed E-state index contributed by atoms with van der Waals surface area (Å²) in [4.78, 5) is 17.9. The summed E-state index contributed by atoms with van der Waals surface area (Å²) in [6.45, 7) is 1.89. The number of hydrogen-bond acceptors (Lipinski definition) is 5. The van der Waals surface area contributed by atoms with E-state index in [4.69, 9.17) is 4.74 Å². The summed E-state index contributed by atoms with van der Waals surface area (Å²) in [5.74, 6) is -0.361. The Morgan fingerprint density at radius 2 is 2.39 bits per heavy atom. The van der Waals surface area contributed by atoms with Gasteiger partial charge < -0.3 is 15.0 Å². The van der Waals surface area contributed by atoms with Crippen LogP contribution in [0.3, 0.4) is 0 Å². The van der Waals surface area contributed by atoms with Gasteiger partial charge in [-0.2, -0.15) is 0 Å². The third-order valence-electron chi connectivity index (χ3n) is 3.37. The van der Waals surface area contributed by atoms with E-state index in [0.717, 1.165) is 11.3 Å². The quantitative estimate of drug-likeness (QED) is 0.699. The molecule has 5 heteroatoms. The molecule has 3 aliphatic rings. The van der Waals surface area contributed by atoms with Crippen molar-refractivity contribution in [3.63, 3.8) is 0 Å². The maximum atomic E-state index is 11.8. The normalized spacial score (nSPS) is 27.7. The number of aliphatic imine (C=N–C) groups is 1. The van der Waals surface area contributed by atoms with Crippen molar-refractivity contribution < 1.29 is 9.53 Å². The highest BCUT2D eigenvalue weighted by Crippen LogP contribution is 2.38. The molecular weight excluding hydrogens is 230 g/mol. The van der Waals surface area contributed by atoms with Gasteiger partial charge in [-0.1, -0.05) is 6.08 Å². The molecule has 0 aromatic carbocycles. The largest absolute Gasteiger partial charge is 0.464 e. The molecule has 3 heterocycles. The van der Waals surface area contributed by atoms with Crippen LogP contribution in [0.4, 0.5) is 0 Å². The fourth-order valence-electron chi connectivity index (χ4n) is 2.46. The molecule has 18 heavy (non-hydrogen) atoms. The highest BCUT2D eigenvalue weighted by Gasteiger charge is 2.47. The predicted molar refractivity (Wildman–Crippen MR) is 67.3 cm³/mol. The second-order valence-electron chi connectivity index (χ2n) is 4.27. The van der Waals surface area contributed by atoms with Gasteiger partial charge in [-0.25, -0.2) is 4.79 Å². The van der Waals surface area contributed by atoms with Gasteiger partial charge in [-0.3, -0.25) is 4.99 Å². The van der Waals surface area contributed by atoms with Gasteiger partial charge in [0.05, 0.1) is 7.11 Å². The number of allylic oxidation sites excluding steroid dienone is 3. The zero-order valence-corrected chi connectivity index (χ0v) is 10.2. The van der Waals surface area contributed by atoms with E-state index < -0.39 is 5.66 Å². The molecule has 0 bridgehead atoms. The molecule has 0 aromatic rings. The van der Waals surface area contributed by atoms with E-state index in [0.29, 0.717) is 5.70 Å². The average molecular weight is 243 g/mol. The Labute approximate surface area is 105 Å². The van der Waals surface area contributed by atoms with E-state index in [1.165, 1.54) is 7.11 Å². The zero-order chi connectivity index (χ0) is 12.8. The maximum Gasteiger partial charge on any atom is 0.356 e. The van der Waals surface area contributed by atoms with Gasteiger partial charge in [0, 0.05) is 29.9 Å². The van der Waals surface area contributed by atoms with Crippen LogP contribution in [0.25, 0.3) is 0 Å². The Hall–Kier alpha value is -2.30. The van der Waals surface area contributed by atoms with Crippen LogP contribution in [-0.2, 0) is 9.53 Å². The fraction of sp³-hybridized carbons (Fsp3) is 0.231. The molecule has 1 atom stereocenters. The van der Waals surface area contributed by atoms with E-state index in [1.807, 2.05) is 36.3 Å². The van der Waals surface area contributed by atoms with Gasteiger partial charge in [0.2, 0.25) is 0 Å². The number of nitrogens with one attached hydrogen (secondary N) is 1. The van der Waals surface area contributed by atoms with Crippen molar-refractivity contribution in [2.75, 3.05) is 7.11 Å². The minimum atomic E-state index is -0.538. The summed E-state index contributed by atoms with van der Waals surface area (Å²) in [7, 11) is 1.38. The molecule has 1 unspecified atom stereocenters. The molecule has 0 aliphatic carbocycles. The Morgan fingerprint density at radius 3 is 3.17 bits per heavy atom. The minimum absolute atomic E-state index is 0.361. The minimum Gasteiger partial charge on any atom is -0.464 e. The molecule has 1 N–H and O–H groups in total. The Balaban J connectivity index is 2.09. The molecule has 0 fully saturated rings. The molecule has 3 aliphatic heterocycles. The molecule has 3 rings (SSSR count). The van der Waals surface area contributed by atoms with Crippen molar-refractivity contribution in [1.29, 1.82) is 0 Å². The number of carbonyl (C=O) groups is 1. The standard InChI is InChI=1S/C13H13N3O2/c1-9-11(12(17)18-2)15-13-5-6-14-8-10(13)4-3-7-16(9)13/h3-8,15H,1-2H3. The number of rotatable bonds is 1. The van der Waals surface area contributed by atoms with Crippen molar-refractivity contribution in [3.8, 4) is 0 Å². The summed E-state index contributed by atoms with van der Waals surface area (Å²) in [6.07, 6.45) is 11.3. The molecule has 0 amide bonds. The number of carbonyl (C=O) groups excluding carboxylic acids is 1. The highest BCUT2D eigenvalue weighted by atomic mass is 16.5.